The Balaban J connectivity index is 1.63. The van der Waals surface area contributed by atoms with Gasteiger partial charge in [-0.1, -0.05) is 13.8 Å². The fourth-order valence-electron chi connectivity index (χ4n) is 7.01. The molecule has 0 aromatic rings. The average molecular weight is 290 g/mol. The Hall–Kier alpha value is -0.370. The molecule has 4 rings (SSSR count). The summed E-state index contributed by atoms with van der Waals surface area (Å²) in [6, 6.07) is 0. The molecule has 0 heterocycles. The van der Waals surface area contributed by atoms with E-state index in [0.29, 0.717) is 22.5 Å². The van der Waals surface area contributed by atoms with Crippen LogP contribution in [0.5, 0.6) is 0 Å². The number of Topliss-reactive ketones (excluding diaryl/α,β-unsaturated/α-hetero) is 1. The van der Waals surface area contributed by atoms with Gasteiger partial charge in [-0.3, -0.25) is 4.79 Å². The molecule has 0 aromatic heterocycles. The number of fused-ring (bicyclic) bond motifs is 5. The van der Waals surface area contributed by atoms with E-state index in [2.05, 4.69) is 13.8 Å². The Morgan fingerprint density at radius 2 is 1.86 bits per heavy atom. The topological polar surface area (TPSA) is 37.3 Å². The Bertz CT molecular complexity index is 458. The number of carbonyl (C=O) groups excluding carboxylic acids is 1. The van der Waals surface area contributed by atoms with Gasteiger partial charge >= 0.3 is 0 Å². The first kappa shape index (κ1) is 14.2. The molecule has 118 valence electrons. The molecule has 2 nitrogen and oxygen atoms in total. The van der Waals surface area contributed by atoms with Crippen molar-refractivity contribution in [2.45, 2.75) is 77.7 Å². The van der Waals surface area contributed by atoms with Crippen molar-refractivity contribution < 1.29 is 9.90 Å². The molecule has 0 saturated heterocycles. The normalized spacial score (nSPS) is 56.5. The van der Waals surface area contributed by atoms with Gasteiger partial charge in [-0.2, -0.15) is 0 Å². The highest BCUT2D eigenvalue weighted by molar-refractivity contribution is 5.82. The highest BCUT2D eigenvalue weighted by Gasteiger charge is 2.59. The number of hydrogen-bond acceptors (Lipinski definition) is 2. The van der Waals surface area contributed by atoms with Gasteiger partial charge in [-0.05, 0) is 79.4 Å². The summed E-state index contributed by atoms with van der Waals surface area (Å²) in [5.74, 6) is 3.51. The van der Waals surface area contributed by atoms with E-state index in [-0.39, 0.29) is 6.10 Å². The van der Waals surface area contributed by atoms with Crippen molar-refractivity contribution in [3.63, 3.8) is 0 Å². The van der Waals surface area contributed by atoms with E-state index in [1.165, 1.54) is 32.1 Å². The summed E-state index contributed by atoms with van der Waals surface area (Å²) >= 11 is 0. The predicted octanol–water partition coefficient (Wildman–Crippen LogP) is 3.96. The van der Waals surface area contributed by atoms with Crippen molar-refractivity contribution in [3.8, 4) is 0 Å². The van der Waals surface area contributed by atoms with Crippen LogP contribution in [0.1, 0.15) is 71.6 Å². The first-order valence-electron chi connectivity index (χ1n) is 9.12. The second-order valence-electron chi connectivity index (χ2n) is 9.20. The van der Waals surface area contributed by atoms with Gasteiger partial charge in [-0.15, -0.1) is 0 Å². The molecule has 7 atom stereocenters. The summed E-state index contributed by atoms with van der Waals surface area (Å²) in [5.41, 5.74) is 0.755. The fourth-order valence-corrected chi connectivity index (χ4v) is 7.01. The molecule has 1 N–H and O–H groups in total. The zero-order valence-electron chi connectivity index (χ0n) is 13.6. The number of hydrogen-bond donors (Lipinski definition) is 1. The number of carbonyl (C=O) groups is 1. The van der Waals surface area contributed by atoms with Crippen LogP contribution in [0.4, 0.5) is 0 Å². The molecular formula is C19H30O2. The molecule has 4 aliphatic rings. The first-order valence-corrected chi connectivity index (χ1v) is 9.12. The molecule has 21 heavy (non-hydrogen) atoms. The van der Waals surface area contributed by atoms with Crippen LogP contribution in [0, 0.1) is 34.5 Å². The predicted molar refractivity (Wildman–Crippen MR) is 82.7 cm³/mol. The van der Waals surface area contributed by atoms with Gasteiger partial charge in [-0.25, -0.2) is 0 Å². The van der Waals surface area contributed by atoms with Crippen LogP contribution in [0.15, 0.2) is 0 Å². The van der Waals surface area contributed by atoms with Crippen LogP contribution < -0.4 is 0 Å². The number of aliphatic hydroxyl groups excluding tert-OH is 1. The summed E-state index contributed by atoms with van der Waals surface area (Å²) in [6.07, 6.45) is 10.1. The maximum Gasteiger partial charge on any atom is 0.133 e. The van der Waals surface area contributed by atoms with Crippen LogP contribution in [-0.2, 0) is 4.79 Å². The van der Waals surface area contributed by atoms with E-state index < -0.39 is 0 Å². The summed E-state index contributed by atoms with van der Waals surface area (Å²) in [4.78, 5) is 12.1. The molecule has 0 radical (unpaired) electrons. The summed E-state index contributed by atoms with van der Waals surface area (Å²) in [5, 5.41) is 10.0. The van der Waals surface area contributed by atoms with E-state index in [0.717, 1.165) is 43.4 Å². The third kappa shape index (κ3) is 1.97. The van der Waals surface area contributed by atoms with Gasteiger partial charge in [0.05, 0.1) is 6.10 Å². The van der Waals surface area contributed by atoms with Gasteiger partial charge < -0.3 is 5.11 Å². The Morgan fingerprint density at radius 1 is 1.05 bits per heavy atom. The van der Waals surface area contributed by atoms with Gasteiger partial charge in [0, 0.05) is 12.8 Å². The van der Waals surface area contributed by atoms with Crippen LogP contribution >= 0.6 is 0 Å². The Morgan fingerprint density at radius 3 is 2.67 bits per heavy atom. The highest BCUT2D eigenvalue weighted by atomic mass is 16.3. The monoisotopic (exact) mass is 290 g/mol. The zero-order chi connectivity index (χ0) is 14.8. The largest absolute Gasteiger partial charge is 0.393 e. The number of ketones is 1. The van der Waals surface area contributed by atoms with Gasteiger partial charge in [0.25, 0.3) is 0 Å². The van der Waals surface area contributed by atoms with Crippen LogP contribution in [0.2, 0.25) is 0 Å². The summed E-state index contributed by atoms with van der Waals surface area (Å²) < 4.78 is 0. The zero-order valence-corrected chi connectivity index (χ0v) is 13.6. The molecule has 0 aromatic carbocycles. The molecule has 4 fully saturated rings. The van der Waals surface area contributed by atoms with E-state index in [9.17, 15) is 9.90 Å². The minimum absolute atomic E-state index is 0.0541. The van der Waals surface area contributed by atoms with Crippen LogP contribution in [-0.4, -0.2) is 17.0 Å². The lowest BCUT2D eigenvalue weighted by atomic mass is 9.45. The molecule has 0 aliphatic heterocycles. The average Bonchev–Trinajstić information content (AvgIpc) is 2.74. The van der Waals surface area contributed by atoms with Gasteiger partial charge in [0.15, 0.2) is 0 Å². The van der Waals surface area contributed by atoms with Gasteiger partial charge in [0.2, 0.25) is 0 Å². The molecule has 0 spiro atoms. The summed E-state index contributed by atoms with van der Waals surface area (Å²) in [7, 11) is 0. The standard InChI is InChI=1S/C19H30O2/c1-18-7-6-16-15(17(18)10-14(21)11-18)4-3-12-9-13(20)5-8-19(12,16)2/h12-13,15-17,20H,3-11H2,1-2H3/t12-,13-,15-,16+,17+,18-,19+/m1/s1. The molecule has 2 heteroatoms. The third-order valence-corrected chi connectivity index (χ3v) is 8.20. The van der Waals surface area contributed by atoms with E-state index in [1.54, 1.807) is 0 Å². The minimum atomic E-state index is -0.0541. The van der Waals surface area contributed by atoms with Crippen molar-refractivity contribution in [1.29, 1.82) is 0 Å². The van der Waals surface area contributed by atoms with Crippen LogP contribution in [0.3, 0.4) is 0 Å². The summed E-state index contributed by atoms with van der Waals surface area (Å²) in [6.45, 7) is 4.90. The molecule has 4 aliphatic carbocycles. The van der Waals surface area contributed by atoms with Crippen molar-refractivity contribution in [3.05, 3.63) is 0 Å². The molecule has 4 saturated carbocycles. The maximum absolute atomic E-state index is 12.1. The first-order chi connectivity index (χ1) is 9.92. The quantitative estimate of drug-likeness (QED) is 0.733. The molecular weight excluding hydrogens is 260 g/mol. The molecule has 0 unspecified atom stereocenters. The lowest BCUT2D eigenvalue weighted by Crippen LogP contribution is -2.53. The second kappa shape index (κ2) is 4.57. The van der Waals surface area contributed by atoms with Crippen molar-refractivity contribution in [1.82, 2.24) is 0 Å². The van der Waals surface area contributed by atoms with Crippen molar-refractivity contribution in [2.24, 2.45) is 34.5 Å². The maximum atomic E-state index is 12.1. The smallest absolute Gasteiger partial charge is 0.133 e. The third-order valence-electron chi connectivity index (χ3n) is 8.20. The number of rotatable bonds is 0. The molecule has 0 bridgehead atoms. The van der Waals surface area contributed by atoms with E-state index in [1.807, 2.05) is 0 Å². The molecule has 0 amide bonds. The van der Waals surface area contributed by atoms with Crippen molar-refractivity contribution in [2.75, 3.05) is 0 Å². The lowest BCUT2D eigenvalue weighted by molar-refractivity contribution is -0.121. The van der Waals surface area contributed by atoms with E-state index >= 15 is 0 Å². The Kier molecular flexibility index (Phi) is 3.10. The SMILES string of the molecule is C[C@]12CC[C@H]3[C@@H](CC[C@@H]4C[C@H](O)CC[C@@]43C)[C@@H]1CC(=O)C2. The second-order valence-corrected chi connectivity index (χ2v) is 9.20. The Labute approximate surface area is 128 Å². The van der Waals surface area contributed by atoms with Crippen LogP contribution in [0.25, 0.3) is 0 Å². The van der Waals surface area contributed by atoms with Crippen molar-refractivity contribution >= 4 is 5.78 Å². The minimum Gasteiger partial charge on any atom is -0.393 e. The fraction of sp³-hybridized carbons (Fsp3) is 0.947. The van der Waals surface area contributed by atoms with E-state index in [4.69, 9.17) is 0 Å². The van der Waals surface area contributed by atoms with Gasteiger partial charge in [0.1, 0.15) is 5.78 Å². The lowest BCUT2D eigenvalue weighted by Gasteiger charge is -2.60. The number of aliphatic hydroxyl groups is 1. The highest BCUT2D eigenvalue weighted by Crippen LogP contribution is 2.65.